The molecule has 8 nitrogen and oxygen atoms in total. The normalized spacial score (nSPS) is 19.3. The fourth-order valence-electron chi connectivity index (χ4n) is 3.84. The maximum absolute atomic E-state index is 12.4. The van der Waals surface area contributed by atoms with Gasteiger partial charge in [0.25, 0.3) is 5.91 Å². The molecule has 8 heteroatoms. The van der Waals surface area contributed by atoms with Gasteiger partial charge in [0, 0.05) is 24.7 Å². The number of nitrogens with zero attached hydrogens (tertiary/aromatic N) is 1. The Hall–Kier alpha value is -2.90. The van der Waals surface area contributed by atoms with E-state index in [2.05, 4.69) is 10.6 Å². The third-order valence-electron chi connectivity index (χ3n) is 5.61. The van der Waals surface area contributed by atoms with Crippen molar-refractivity contribution in [2.24, 2.45) is 5.92 Å². The van der Waals surface area contributed by atoms with Crippen molar-refractivity contribution in [2.75, 3.05) is 18.1 Å². The molecule has 29 heavy (non-hydrogen) atoms. The van der Waals surface area contributed by atoms with Crippen molar-refractivity contribution in [2.45, 2.75) is 52.0 Å². The number of amides is 4. The van der Waals surface area contributed by atoms with Crippen molar-refractivity contribution >= 4 is 29.5 Å². The number of hydrogen-bond acceptors (Lipinski definition) is 5. The molecule has 1 aliphatic carbocycles. The van der Waals surface area contributed by atoms with Gasteiger partial charge in [0.2, 0.25) is 5.91 Å². The van der Waals surface area contributed by atoms with E-state index in [0.717, 1.165) is 42.5 Å². The number of anilines is 1. The topological polar surface area (TPSA) is 105 Å². The van der Waals surface area contributed by atoms with Gasteiger partial charge in [0.05, 0.1) is 5.92 Å². The van der Waals surface area contributed by atoms with Crippen LogP contribution in [0.4, 0.5) is 10.5 Å². The molecule has 0 spiro atoms. The zero-order valence-electron chi connectivity index (χ0n) is 16.8. The second-order valence-corrected chi connectivity index (χ2v) is 7.74. The second-order valence-electron chi connectivity index (χ2n) is 7.74. The number of carbonyl (C=O) groups is 4. The molecular weight excluding hydrogens is 374 g/mol. The van der Waals surface area contributed by atoms with Crippen LogP contribution in [0.15, 0.2) is 18.2 Å². The van der Waals surface area contributed by atoms with Gasteiger partial charge in [0.15, 0.2) is 6.61 Å². The number of ether oxygens (including phenoxy) is 1. The third-order valence-corrected chi connectivity index (χ3v) is 5.61. The molecule has 0 bridgehead atoms. The van der Waals surface area contributed by atoms with Gasteiger partial charge in [-0.25, -0.2) is 4.79 Å². The standard InChI is InChI=1S/C21H27N3O5/c1-13-6-5-9-17(14(13)2)24-11-15(10-19(24)26)20(27)29-12-18(25)23-21(28)22-16-7-3-4-8-16/h5-6,9,15-16H,3-4,7-8,10-12H2,1-2H3,(H2,22,23,25,28)/t15-/m1/s1. The lowest BCUT2D eigenvalue weighted by Crippen LogP contribution is -2.45. The Kier molecular flexibility index (Phi) is 6.51. The molecule has 0 radical (unpaired) electrons. The van der Waals surface area contributed by atoms with E-state index in [9.17, 15) is 19.2 Å². The minimum atomic E-state index is -0.690. The van der Waals surface area contributed by atoms with E-state index >= 15 is 0 Å². The number of nitrogens with one attached hydrogen (secondary N) is 2. The minimum Gasteiger partial charge on any atom is -0.455 e. The van der Waals surface area contributed by atoms with Crippen LogP contribution >= 0.6 is 0 Å². The molecule has 1 heterocycles. The van der Waals surface area contributed by atoms with Crippen LogP contribution in [0.3, 0.4) is 0 Å². The first-order valence-electron chi connectivity index (χ1n) is 9.98. The van der Waals surface area contributed by atoms with E-state index in [4.69, 9.17) is 4.74 Å². The summed E-state index contributed by atoms with van der Waals surface area (Å²) < 4.78 is 5.04. The molecule has 3 rings (SSSR count). The SMILES string of the molecule is Cc1cccc(N2C[C@H](C(=O)OCC(=O)NC(=O)NC3CCCC3)CC2=O)c1C. The van der Waals surface area contributed by atoms with Crippen LogP contribution in [-0.2, 0) is 19.1 Å². The predicted octanol–water partition coefficient (Wildman–Crippen LogP) is 1.97. The molecule has 1 saturated carbocycles. The van der Waals surface area contributed by atoms with Gasteiger partial charge in [-0.1, -0.05) is 25.0 Å². The Balaban J connectivity index is 1.47. The van der Waals surface area contributed by atoms with Crippen LogP contribution in [0.25, 0.3) is 0 Å². The average molecular weight is 401 g/mol. The number of rotatable bonds is 5. The monoisotopic (exact) mass is 401 g/mol. The summed E-state index contributed by atoms with van der Waals surface area (Å²) in [6.07, 6.45) is 3.98. The molecule has 4 amide bonds. The first kappa shape index (κ1) is 20.8. The van der Waals surface area contributed by atoms with Crippen molar-refractivity contribution in [3.63, 3.8) is 0 Å². The summed E-state index contributed by atoms with van der Waals surface area (Å²) >= 11 is 0. The fraction of sp³-hybridized carbons (Fsp3) is 0.524. The predicted molar refractivity (Wildman–Crippen MR) is 106 cm³/mol. The molecule has 1 aliphatic heterocycles. The van der Waals surface area contributed by atoms with Crippen molar-refractivity contribution in [3.05, 3.63) is 29.3 Å². The Labute approximate surface area is 170 Å². The number of imide groups is 1. The highest BCUT2D eigenvalue weighted by molar-refractivity contribution is 6.00. The summed E-state index contributed by atoms with van der Waals surface area (Å²) in [5, 5.41) is 4.90. The number of carbonyl (C=O) groups excluding carboxylic acids is 4. The zero-order valence-corrected chi connectivity index (χ0v) is 16.8. The summed E-state index contributed by atoms with van der Waals surface area (Å²) in [7, 11) is 0. The van der Waals surface area contributed by atoms with Crippen molar-refractivity contribution < 1.29 is 23.9 Å². The molecule has 2 N–H and O–H groups in total. The van der Waals surface area contributed by atoms with Crippen LogP contribution in [0.5, 0.6) is 0 Å². The fourth-order valence-corrected chi connectivity index (χ4v) is 3.84. The van der Waals surface area contributed by atoms with E-state index in [-0.39, 0.29) is 24.9 Å². The maximum Gasteiger partial charge on any atom is 0.321 e. The van der Waals surface area contributed by atoms with E-state index in [0.29, 0.717) is 0 Å². The van der Waals surface area contributed by atoms with Crippen LogP contribution < -0.4 is 15.5 Å². The minimum absolute atomic E-state index is 0.0377. The highest BCUT2D eigenvalue weighted by Crippen LogP contribution is 2.29. The molecule has 1 aromatic rings. The smallest absolute Gasteiger partial charge is 0.321 e. The molecule has 1 saturated heterocycles. The molecular formula is C21H27N3O5. The molecule has 2 fully saturated rings. The average Bonchev–Trinajstić information content (AvgIpc) is 3.31. The van der Waals surface area contributed by atoms with E-state index in [1.54, 1.807) is 4.90 Å². The van der Waals surface area contributed by atoms with Gasteiger partial charge in [-0.15, -0.1) is 0 Å². The van der Waals surface area contributed by atoms with Gasteiger partial charge in [-0.05, 0) is 43.9 Å². The van der Waals surface area contributed by atoms with Crippen LogP contribution in [-0.4, -0.2) is 43.0 Å². The van der Waals surface area contributed by atoms with E-state index < -0.39 is 30.4 Å². The largest absolute Gasteiger partial charge is 0.455 e. The quantitative estimate of drug-likeness (QED) is 0.734. The first-order valence-corrected chi connectivity index (χ1v) is 9.98. The van der Waals surface area contributed by atoms with Crippen LogP contribution in [0.2, 0.25) is 0 Å². The third kappa shape index (κ3) is 5.13. The summed E-state index contributed by atoms with van der Waals surface area (Å²) in [4.78, 5) is 49.9. The van der Waals surface area contributed by atoms with Gasteiger partial charge in [0.1, 0.15) is 0 Å². The first-order chi connectivity index (χ1) is 13.8. The Bertz CT molecular complexity index is 817. The molecule has 0 unspecified atom stereocenters. The lowest BCUT2D eigenvalue weighted by atomic mass is 10.1. The van der Waals surface area contributed by atoms with Crippen LogP contribution in [0.1, 0.15) is 43.2 Å². The van der Waals surface area contributed by atoms with Crippen LogP contribution in [0, 0.1) is 19.8 Å². The van der Waals surface area contributed by atoms with E-state index in [1.165, 1.54) is 0 Å². The molecule has 156 valence electrons. The maximum atomic E-state index is 12.4. The molecule has 2 aliphatic rings. The highest BCUT2D eigenvalue weighted by atomic mass is 16.5. The summed E-state index contributed by atoms with van der Waals surface area (Å²) in [5.41, 5.74) is 2.84. The lowest BCUT2D eigenvalue weighted by molar-refractivity contribution is -0.152. The second kappa shape index (κ2) is 9.07. The summed E-state index contributed by atoms with van der Waals surface area (Å²) in [6.45, 7) is 3.56. The zero-order chi connectivity index (χ0) is 21.0. The Morgan fingerprint density at radius 2 is 1.90 bits per heavy atom. The van der Waals surface area contributed by atoms with Crippen molar-refractivity contribution in [1.29, 1.82) is 0 Å². The number of benzene rings is 1. The van der Waals surface area contributed by atoms with Crippen molar-refractivity contribution in [1.82, 2.24) is 10.6 Å². The van der Waals surface area contributed by atoms with Crippen molar-refractivity contribution in [3.8, 4) is 0 Å². The summed E-state index contributed by atoms with van der Waals surface area (Å²) in [5.74, 6) is -2.09. The molecule has 1 atom stereocenters. The number of urea groups is 1. The molecule has 0 aromatic heterocycles. The Morgan fingerprint density at radius 3 is 2.62 bits per heavy atom. The van der Waals surface area contributed by atoms with Gasteiger partial charge in [-0.3, -0.25) is 19.7 Å². The number of hydrogen-bond donors (Lipinski definition) is 2. The number of aryl methyl sites for hydroxylation is 1. The van der Waals surface area contributed by atoms with Gasteiger partial charge < -0.3 is 15.0 Å². The summed E-state index contributed by atoms with van der Waals surface area (Å²) in [6, 6.07) is 5.20. The number of esters is 1. The Morgan fingerprint density at radius 1 is 1.17 bits per heavy atom. The van der Waals surface area contributed by atoms with Gasteiger partial charge in [-0.2, -0.15) is 0 Å². The van der Waals surface area contributed by atoms with Gasteiger partial charge >= 0.3 is 12.0 Å². The lowest BCUT2D eigenvalue weighted by Gasteiger charge is -2.20. The highest BCUT2D eigenvalue weighted by Gasteiger charge is 2.37. The van der Waals surface area contributed by atoms with E-state index in [1.807, 2.05) is 32.0 Å². The molecule has 1 aromatic carbocycles.